The van der Waals surface area contributed by atoms with Crippen LogP contribution < -0.4 is 0 Å². The molecular formula is C23H25N5OS. The minimum absolute atomic E-state index is 0.675. The highest BCUT2D eigenvalue weighted by Crippen LogP contribution is 2.23. The number of piperazine rings is 1. The van der Waals surface area contributed by atoms with Gasteiger partial charge in [0.15, 0.2) is 0 Å². The molecule has 0 spiro atoms. The summed E-state index contributed by atoms with van der Waals surface area (Å²) in [7, 11) is 0. The van der Waals surface area contributed by atoms with Crippen LogP contribution in [0.3, 0.4) is 0 Å². The van der Waals surface area contributed by atoms with E-state index >= 15 is 0 Å². The summed E-state index contributed by atoms with van der Waals surface area (Å²) >= 11 is 1.81. The maximum absolute atomic E-state index is 5.42. The molecule has 2 aromatic carbocycles. The summed E-state index contributed by atoms with van der Waals surface area (Å²) < 4.78 is 6.70. The number of thiazole rings is 1. The van der Waals surface area contributed by atoms with E-state index in [-0.39, 0.29) is 0 Å². The Morgan fingerprint density at radius 1 is 0.867 bits per heavy atom. The zero-order valence-corrected chi connectivity index (χ0v) is 17.7. The van der Waals surface area contributed by atoms with Crippen molar-refractivity contribution in [3.63, 3.8) is 0 Å². The topological polar surface area (TPSA) is 58.3 Å². The lowest BCUT2D eigenvalue weighted by Crippen LogP contribution is -2.46. The summed E-state index contributed by atoms with van der Waals surface area (Å²) in [5.74, 6) is 1.40. The van der Waals surface area contributed by atoms with Gasteiger partial charge in [-0.05, 0) is 25.1 Å². The van der Waals surface area contributed by atoms with Crippen molar-refractivity contribution in [3.8, 4) is 11.4 Å². The van der Waals surface area contributed by atoms with Crippen molar-refractivity contribution in [2.45, 2.75) is 19.4 Å². The van der Waals surface area contributed by atoms with Gasteiger partial charge >= 0.3 is 0 Å². The lowest BCUT2D eigenvalue weighted by Gasteiger charge is -2.34. The third-order valence-electron chi connectivity index (χ3n) is 5.53. The number of aryl methyl sites for hydroxylation is 1. The van der Waals surface area contributed by atoms with E-state index in [1.165, 1.54) is 9.71 Å². The molecule has 1 fully saturated rings. The van der Waals surface area contributed by atoms with Gasteiger partial charge in [-0.25, -0.2) is 4.98 Å². The molecule has 3 heterocycles. The quantitative estimate of drug-likeness (QED) is 0.450. The average molecular weight is 420 g/mol. The van der Waals surface area contributed by atoms with Gasteiger partial charge in [0, 0.05) is 38.2 Å². The van der Waals surface area contributed by atoms with Crippen molar-refractivity contribution in [3.05, 3.63) is 65.5 Å². The van der Waals surface area contributed by atoms with E-state index in [1.807, 2.05) is 41.7 Å². The van der Waals surface area contributed by atoms with Crippen molar-refractivity contribution in [1.29, 1.82) is 0 Å². The molecule has 154 valence electrons. The van der Waals surface area contributed by atoms with Gasteiger partial charge in [0.2, 0.25) is 11.7 Å². The maximum atomic E-state index is 5.42. The lowest BCUT2D eigenvalue weighted by molar-refractivity contribution is 0.125. The fourth-order valence-electron chi connectivity index (χ4n) is 3.86. The second-order valence-electron chi connectivity index (χ2n) is 7.67. The number of hydrogen-bond donors (Lipinski definition) is 0. The molecule has 2 aromatic heterocycles. The number of hydrogen-bond acceptors (Lipinski definition) is 7. The molecule has 1 aliphatic rings. The van der Waals surface area contributed by atoms with Gasteiger partial charge in [-0.1, -0.05) is 47.6 Å². The number of rotatable bonds is 7. The van der Waals surface area contributed by atoms with Crippen LogP contribution >= 0.6 is 11.3 Å². The first-order valence-corrected chi connectivity index (χ1v) is 11.3. The summed E-state index contributed by atoms with van der Waals surface area (Å²) in [6.45, 7) is 6.41. The third-order valence-corrected chi connectivity index (χ3v) is 6.55. The predicted octanol–water partition coefficient (Wildman–Crippen LogP) is 4.10. The van der Waals surface area contributed by atoms with Gasteiger partial charge in [0.1, 0.15) is 5.01 Å². The molecule has 1 aliphatic heterocycles. The molecule has 4 aromatic rings. The van der Waals surface area contributed by atoms with Crippen LogP contribution in [0, 0.1) is 0 Å². The monoisotopic (exact) mass is 419 g/mol. The van der Waals surface area contributed by atoms with Crippen LogP contribution in [0.5, 0.6) is 0 Å². The van der Waals surface area contributed by atoms with Gasteiger partial charge in [-0.15, -0.1) is 11.3 Å². The molecular weight excluding hydrogens is 394 g/mol. The lowest BCUT2D eigenvalue weighted by atomic mass is 10.2. The number of benzene rings is 2. The third kappa shape index (κ3) is 4.59. The van der Waals surface area contributed by atoms with Crippen LogP contribution in [0.2, 0.25) is 0 Å². The second kappa shape index (κ2) is 9.04. The second-order valence-corrected chi connectivity index (χ2v) is 8.79. The number of aromatic nitrogens is 3. The SMILES string of the molecule is c1ccc(-c2noc(CCCN3CCN(Cc4nc5ccccc5s4)CC3)n2)cc1. The first-order valence-electron chi connectivity index (χ1n) is 10.5. The van der Waals surface area contributed by atoms with Crippen LogP contribution in [-0.2, 0) is 13.0 Å². The molecule has 6 nitrogen and oxygen atoms in total. The van der Waals surface area contributed by atoms with E-state index in [2.05, 4.69) is 44.2 Å². The van der Waals surface area contributed by atoms with Crippen molar-refractivity contribution < 1.29 is 4.52 Å². The Balaban J connectivity index is 1.06. The highest BCUT2D eigenvalue weighted by atomic mass is 32.1. The normalized spacial score (nSPS) is 15.7. The van der Waals surface area contributed by atoms with Crippen LogP contribution in [0.25, 0.3) is 21.6 Å². The Bertz CT molecular complexity index is 1050. The van der Waals surface area contributed by atoms with E-state index in [4.69, 9.17) is 9.51 Å². The Morgan fingerprint density at radius 2 is 1.63 bits per heavy atom. The first kappa shape index (κ1) is 19.4. The molecule has 0 radical (unpaired) electrons. The summed E-state index contributed by atoms with van der Waals surface area (Å²) in [5, 5.41) is 5.32. The zero-order valence-electron chi connectivity index (χ0n) is 16.9. The van der Waals surface area contributed by atoms with E-state index in [0.717, 1.165) is 69.1 Å². The average Bonchev–Trinajstić information content (AvgIpc) is 3.42. The van der Waals surface area contributed by atoms with Crippen LogP contribution in [-0.4, -0.2) is 57.6 Å². The molecule has 0 bridgehead atoms. The van der Waals surface area contributed by atoms with Crippen molar-refractivity contribution in [1.82, 2.24) is 24.9 Å². The van der Waals surface area contributed by atoms with Gasteiger partial charge < -0.3 is 9.42 Å². The van der Waals surface area contributed by atoms with Crippen molar-refractivity contribution in [2.24, 2.45) is 0 Å². The molecule has 0 N–H and O–H groups in total. The number of para-hydroxylation sites is 1. The van der Waals surface area contributed by atoms with E-state index in [0.29, 0.717) is 5.82 Å². The van der Waals surface area contributed by atoms with Crippen molar-refractivity contribution >= 4 is 21.6 Å². The van der Waals surface area contributed by atoms with E-state index < -0.39 is 0 Å². The zero-order chi connectivity index (χ0) is 20.2. The summed E-state index contributed by atoms with van der Waals surface area (Å²) in [5.41, 5.74) is 2.12. The highest BCUT2D eigenvalue weighted by Gasteiger charge is 2.18. The van der Waals surface area contributed by atoms with Crippen LogP contribution in [0.15, 0.2) is 59.1 Å². The smallest absolute Gasteiger partial charge is 0.227 e. The Kier molecular flexibility index (Phi) is 5.83. The van der Waals surface area contributed by atoms with E-state index in [9.17, 15) is 0 Å². The molecule has 0 atom stereocenters. The summed E-state index contributed by atoms with van der Waals surface area (Å²) in [6.07, 6.45) is 1.86. The molecule has 0 unspecified atom stereocenters. The summed E-state index contributed by atoms with van der Waals surface area (Å²) in [6, 6.07) is 18.4. The van der Waals surface area contributed by atoms with Gasteiger partial charge in [-0.3, -0.25) is 4.90 Å². The molecule has 5 rings (SSSR count). The molecule has 0 amide bonds. The van der Waals surface area contributed by atoms with Crippen LogP contribution in [0.1, 0.15) is 17.3 Å². The number of nitrogens with zero attached hydrogens (tertiary/aromatic N) is 5. The largest absolute Gasteiger partial charge is 0.339 e. The number of fused-ring (bicyclic) bond motifs is 1. The fraction of sp³-hybridized carbons (Fsp3) is 0.348. The molecule has 30 heavy (non-hydrogen) atoms. The standard InChI is InChI=1S/C23H25N5OS/c1-2-7-18(8-3-1)23-25-21(29-26-23)11-6-12-27-13-15-28(16-14-27)17-22-24-19-9-4-5-10-20(19)30-22/h1-5,7-10H,6,11-17H2. The van der Waals surface area contributed by atoms with Crippen molar-refractivity contribution in [2.75, 3.05) is 32.7 Å². The minimum atomic E-state index is 0.675. The minimum Gasteiger partial charge on any atom is -0.339 e. The Labute approximate surface area is 180 Å². The molecule has 0 aliphatic carbocycles. The van der Waals surface area contributed by atoms with Crippen LogP contribution in [0.4, 0.5) is 0 Å². The van der Waals surface area contributed by atoms with Gasteiger partial charge in [0.25, 0.3) is 0 Å². The fourth-order valence-corrected chi connectivity index (χ4v) is 4.87. The first-order chi connectivity index (χ1) is 14.8. The Morgan fingerprint density at radius 3 is 2.47 bits per heavy atom. The maximum Gasteiger partial charge on any atom is 0.227 e. The van der Waals surface area contributed by atoms with Gasteiger partial charge in [-0.2, -0.15) is 4.98 Å². The highest BCUT2D eigenvalue weighted by molar-refractivity contribution is 7.18. The molecule has 7 heteroatoms. The van der Waals surface area contributed by atoms with E-state index in [1.54, 1.807) is 0 Å². The molecule has 1 saturated heterocycles. The molecule has 0 saturated carbocycles. The summed E-state index contributed by atoms with van der Waals surface area (Å²) in [4.78, 5) is 14.3. The Hall–Kier alpha value is -2.61. The van der Waals surface area contributed by atoms with Gasteiger partial charge in [0.05, 0.1) is 16.8 Å². The predicted molar refractivity (Wildman–Crippen MR) is 119 cm³/mol.